The summed E-state index contributed by atoms with van der Waals surface area (Å²) in [5, 5.41) is 4.98. The molecule has 0 heterocycles. The fraction of sp³-hybridized carbons (Fsp3) is 0.324. The van der Waals surface area contributed by atoms with E-state index in [9.17, 15) is 24.0 Å². The number of hydrogen-bond donors (Lipinski definition) is 4. The quantitative estimate of drug-likeness (QED) is 0.138. The summed E-state index contributed by atoms with van der Waals surface area (Å²) >= 11 is 0. The third-order valence-corrected chi connectivity index (χ3v) is 6.91. The summed E-state index contributed by atoms with van der Waals surface area (Å²) in [5.74, 6) is -2.85. The maximum absolute atomic E-state index is 13.4. The second kappa shape index (κ2) is 16.8. The third-order valence-electron chi connectivity index (χ3n) is 6.91. The Balaban J connectivity index is 1.68. The van der Waals surface area contributed by atoms with Crippen molar-refractivity contribution in [1.29, 1.82) is 0 Å². The van der Waals surface area contributed by atoms with Gasteiger partial charge in [0.05, 0.1) is 18.5 Å². The molecule has 3 aromatic carbocycles. The molecule has 6 N–H and O–H groups in total. The number of nitrogens with one attached hydrogen (secondary N) is 2. The second-order valence-corrected chi connectivity index (χ2v) is 11.1. The van der Waals surface area contributed by atoms with Crippen molar-refractivity contribution in [3.8, 4) is 0 Å². The van der Waals surface area contributed by atoms with Gasteiger partial charge in [-0.3, -0.25) is 14.4 Å². The van der Waals surface area contributed by atoms with E-state index in [0.29, 0.717) is 5.56 Å². The number of rotatable bonds is 16. The molecule has 0 unspecified atom stereocenters. The lowest BCUT2D eigenvalue weighted by Gasteiger charge is -2.28. The molecule has 238 valence electrons. The van der Waals surface area contributed by atoms with Gasteiger partial charge in [-0.15, -0.1) is 0 Å². The smallest absolute Gasteiger partial charge is 0.408 e. The van der Waals surface area contributed by atoms with Gasteiger partial charge in [-0.25, -0.2) is 9.59 Å². The maximum atomic E-state index is 13.4. The predicted octanol–water partition coefficient (Wildman–Crippen LogP) is 3.58. The molecule has 0 saturated heterocycles. The minimum Gasteiger partial charge on any atom is -0.445 e. The van der Waals surface area contributed by atoms with E-state index in [1.54, 1.807) is 78.9 Å². The first kappa shape index (κ1) is 34.6. The Kier molecular flexibility index (Phi) is 13.0. The van der Waals surface area contributed by atoms with Crippen molar-refractivity contribution in [3.05, 3.63) is 108 Å². The topological polar surface area (TPSA) is 180 Å². The lowest BCUT2D eigenvalue weighted by molar-refractivity contribution is -0.138. The largest absolute Gasteiger partial charge is 0.445 e. The standard InChI is InChI=1S/C34H40N4O7/c1-23(2)18-28(38-33(43)45-22-26-16-10-5-11-17-26)31(41)34(35,36)30(40)20-29(39)27(19-24-12-6-3-7-13-24)37-32(42)44-21-25-14-8-4-9-15-25/h3-17,23,27-28H,18-22,35-36H2,1-2H3,(H,37,42)(H,38,43)/t27-,28-/m0/s1. The van der Waals surface area contributed by atoms with Crippen molar-refractivity contribution in [3.63, 3.8) is 0 Å². The zero-order chi connectivity index (χ0) is 32.8. The molecule has 0 spiro atoms. The number of Topliss-reactive ketones (excluding diaryl/α,β-unsaturated/α-hetero) is 3. The molecule has 0 aliphatic heterocycles. The highest BCUT2D eigenvalue weighted by atomic mass is 16.6. The highest BCUT2D eigenvalue weighted by molar-refractivity contribution is 6.18. The number of carbonyl (C=O) groups excluding carboxylic acids is 5. The Hall–Kier alpha value is -4.87. The van der Waals surface area contributed by atoms with Gasteiger partial charge in [0.15, 0.2) is 23.0 Å². The first-order valence-corrected chi connectivity index (χ1v) is 14.6. The van der Waals surface area contributed by atoms with Gasteiger partial charge in [-0.1, -0.05) is 105 Å². The molecular weight excluding hydrogens is 576 g/mol. The van der Waals surface area contributed by atoms with E-state index in [1.165, 1.54) is 0 Å². The van der Waals surface area contributed by atoms with Gasteiger partial charge in [-0.2, -0.15) is 0 Å². The number of amides is 2. The van der Waals surface area contributed by atoms with E-state index in [-0.39, 0.29) is 32.0 Å². The number of hydrogen-bond acceptors (Lipinski definition) is 9. The number of ether oxygens (including phenoxy) is 2. The van der Waals surface area contributed by atoms with Gasteiger partial charge >= 0.3 is 12.2 Å². The summed E-state index contributed by atoms with van der Waals surface area (Å²) in [7, 11) is 0. The molecule has 0 aliphatic carbocycles. The predicted molar refractivity (Wildman–Crippen MR) is 167 cm³/mol. The molecular formula is C34H40N4O7. The molecule has 3 rings (SSSR count). The molecule has 11 heteroatoms. The number of nitrogens with two attached hydrogens (primary N) is 2. The second-order valence-electron chi connectivity index (χ2n) is 11.1. The summed E-state index contributed by atoms with van der Waals surface area (Å²) in [6.45, 7) is 3.56. The Morgan fingerprint density at radius 2 is 1.09 bits per heavy atom. The summed E-state index contributed by atoms with van der Waals surface area (Å²) in [5.41, 5.74) is 11.7. The van der Waals surface area contributed by atoms with Crippen LogP contribution in [0, 0.1) is 5.92 Å². The highest BCUT2D eigenvalue weighted by Gasteiger charge is 2.43. The van der Waals surface area contributed by atoms with Crippen molar-refractivity contribution in [2.24, 2.45) is 17.4 Å². The monoisotopic (exact) mass is 616 g/mol. The van der Waals surface area contributed by atoms with Crippen molar-refractivity contribution < 1.29 is 33.4 Å². The van der Waals surface area contributed by atoms with Gasteiger partial charge in [0.2, 0.25) is 0 Å². The number of carbonyl (C=O) groups is 5. The average Bonchev–Trinajstić information content (AvgIpc) is 3.03. The molecule has 0 aromatic heterocycles. The lowest BCUT2D eigenvalue weighted by Crippen LogP contribution is -2.68. The minimum atomic E-state index is -2.60. The van der Waals surface area contributed by atoms with Crippen LogP contribution in [0.3, 0.4) is 0 Å². The molecule has 3 aromatic rings. The van der Waals surface area contributed by atoms with Crippen LogP contribution in [0.4, 0.5) is 9.59 Å². The number of ketones is 3. The van der Waals surface area contributed by atoms with Crippen LogP contribution in [0.15, 0.2) is 91.0 Å². The third kappa shape index (κ3) is 11.3. The van der Waals surface area contributed by atoms with Crippen molar-refractivity contribution >= 4 is 29.5 Å². The first-order valence-electron chi connectivity index (χ1n) is 14.6. The van der Waals surface area contributed by atoms with Crippen molar-refractivity contribution in [2.75, 3.05) is 0 Å². The summed E-state index contributed by atoms with van der Waals surface area (Å²) < 4.78 is 10.5. The van der Waals surface area contributed by atoms with E-state index < -0.39 is 53.7 Å². The minimum absolute atomic E-state index is 0.0287. The lowest BCUT2D eigenvalue weighted by atomic mass is 9.87. The van der Waals surface area contributed by atoms with Crippen molar-refractivity contribution in [2.45, 2.75) is 64.1 Å². The van der Waals surface area contributed by atoms with Crippen LogP contribution in [-0.4, -0.2) is 47.3 Å². The maximum Gasteiger partial charge on any atom is 0.408 e. The Labute approximate surface area is 262 Å². The first-order chi connectivity index (χ1) is 21.5. The molecule has 0 aliphatic rings. The molecule has 11 nitrogen and oxygen atoms in total. The van der Waals surface area contributed by atoms with Crippen LogP contribution in [0.1, 0.15) is 43.4 Å². The van der Waals surface area contributed by atoms with Crippen LogP contribution in [0.2, 0.25) is 0 Å². The Morgan fingerprint density at radius 1 is 0.667 bits per heavy atom. The van der Waals surface area contributed by atoms with E-state index in [4.69, 9.17) is 20.9 Å². The number of alkyl carbamates (subject to hydrolysis) is 2. The zero-order valence-electron chi connectivity index (χ0n) is 25.4. The molecule has 0 saturated carbocycles. The Bertz CT molecular complexity index is 1430. The Morgan fingerprint density at radius 3 is 1.53 bits per heavy atom. The summed E-state index contributed by atoms with van der Waals surface area (Å²) in [4.78, 5) is 65.3. The van der Waals surface area contributed by atoms with E-state index in [2.05, 4.69) is 10.6 Å². The normalized spacial score (nSPS) is 12.5. The fourth-order valence-corrected chi connectivity index (χ4v) is 4.47. The van der Waals surface area contributed by atoms with E-state index in [0.717, 1.165) is 11.1 Å². The SMILES string of the molecule is CC(C)C[C@H](NC(=O)OCc1ccccc1)C(=O)C(N)(N)C(=O)CC(=O)[C@H](Cc1ccccc1)NC(=O)OCc1ccccc1. The van der Waals surface area contributed by atoms with Crippen LogP contribution < -0.4 is 22.1 Å². The molecule has 0 fully saturated rings. The average molecular weight is 617 g/mol. The van der Waals surface area contributed by atoms with E-state index in [1.807, 2.05) is 26.0 Å². The summed E-state index contributed by atoms with van der Waals surface area (Å²) in [6.07, 6.45) is -2.43. The molecule has 2 amide bonds. The van der Waals surface area contributed by atoms with Gasteiger partial charge in [0.25, 0.3) is 0 Å². The molecule has 2 atom stereocenters. The van der Waals surface area contributed by atoms with Crippen LogP contribution in [0.5, 0.6) is 0 Å². The van der Waals surface area contributed by atoms with Gasteiger partial charge in [0.1, 0.15) is 13.2 Å². The highest BCUT2D eigenvalue weighted by Crippen LogP contribution is 2.14. The van der Waals surface area contributed by atoms with Gasteiger partial charge < -0.3 is 31.6 Å². The fourth-order valence-electron chi connectivity index (χ4n) is 4.47. The van der Waals surface area contributed by atoms with Gasteiger partial charge in [-0.05, 0) is 35.4 Å². The summed E-state index contributed by atoms with van der Waals surface area (Å²) in [6, 6.07) is 24.4. The van der Waals surface area contributed by atoms with Crippen LogP contribution >= 0.6 is 0 Å². The van der Waals surface area contributed by atoms with Crippen LogP contribution in [0.25, 0.3) is 0 Å². The number of benzene rings is 3. The molecule has 0 bridgehead atoms. The zero-order valence-corrected chi connectivity index (χ0v) is 25.4. The molecule has 0 radical (unpaired) electrons. The van der Waals surface area contributed by atoms with Crippen molar-refractivity contribution in [1.82, 2.24) is 10.6 Å². The van der Waals surface area contributed by atoms with E-state index >= 15 is 0 Å². The van der Waals surface area contributed by atoms with Gasteiger partial charge in [0, 0.05) is 0 Å². The molecule has 45 heavy (non-hydrogen) atoms. The van der Waals surface area contributed by atoms with Crippen LogP contribution in [-0.2, 0) is 43.5 Å².